The molecule has 4 heterocycles. The van der Waals surface area contributed by atoms with Gasteiger partial charge in [0, 0.05) is 24.7 Å². The molecule has 0 aromatic carbocycles. The minimum absolute atomic E-state index is 0.136. The van der Waals surface area contributed by atoms with E-state index in [-0.39, 0.29) is 5.91 Å². The number of nitrogens with zero attached hydrogens (tertiary/aromatic N) is 4. The third-order valence-corrected chi connectivity index (χ3v) is 6.34. The number of hydrogen-bond acceptors (Lipinski definition) is 5. The van der Waals surface area contributed by atoms with Gasteiger partial charge in [-0.05, 0) is 72.5 Å². The first-order valence-corrected chi connectivity index (χ1v) is 11.3. The van der Waals surface area contributed by atoms with Crippen molar-refractivity contribution in [1.29, 1.82) is 0 Å². The number of anilines is 2. The fourth-order valence-corrected chi connectivity index (χ4v) is 4.59. The Morgan fingerprint density at radius 3 is 2.86 bits per heavy atom. The van der Waals surface area contributed by atoms with Crippen LogP contribution in [0.1, 0.15) is 41.0 Å². The minimum atomic E-state index is -0.136. The van der Waals surface area contributed by atoms with Gasteiger partial charge in [-0.2, -0.15) is 0 Å². The molecule has 1 fully saturated rings. The van der Waals surface area contributed by atoms with Crippen molar-refractivity contribution in [2.24, 2.45) is 0 Å². The number of nitrogens with one attached hydrogen (secondary N) is 1. The summed E-state index contributed by atoms with van der Waals surface area (Å²) in [7, 11) is 0. The third-order valence-electron chi connectivity index (χ3n) is 4.75. The molecule has 0 radical (unpaired) electrons. The molecule has 0 aliphatic carbocycles. The van der Waals surface area contributed by atoms with Gasteiger partial charge < -0.3 is 14.8 Å². The predicted molar refractivity (Wildman–Crippen MR) is 121 cm³/mol. The molecule has 1 amide bonds. The van der Waals surface area contributed by atoms with E-state index in [4.69, 9.17) is 4.98 Å². The van der Waals surface area contributed by atoms with Gasteiger partial charge in [0.2, 0.25) is 0 Å². The Labute approximate surface area is 182 Å². The van der Waals surface area contributed by atoms with Gasteiger partial charge in [-0.25, -0.2) is 9.97 Å². The summed E-state index contributed by atoms with van der Waals surface area (Å²) in [4.78, 5) is 24.2. The lowest BCUT2D eigenvalue weighted by molar-refractivity contribution is 0.101. The number of carbonyl (C=O) groups is 1. The standard InChI is InChI=1S/C20H22IN5OS/c1-14-9-17(19(27)23-15-5-6-18(21)22-10-15)26(11-14)12-16-13-28-20(24-16)25-7-3-2-4-8-25/h5-6,9-11,13H,2-4,7-8,12H2,1H3,(H,23,27). The summed E-state index contributed by atoms with van der Waals surface area (Å²) in [6.45, 7) is 4.77. The van der Waals surface area contributed by atoms with Crippen LogP contribution in [0.15, 0.2) is 36.0 Å². The van der Waals surface area contributed by atoms with Crippen molar-refractivity contribution < 1.29 is 4.79 Å². The van der Waals surface area contributed by atoms with Gasteiger partial charge in [0.25, 0.3) is 5.91 Å². The molecule has 4 rings (SSSR count). The number of aromatic nitrogens is 3. The molecule has 3 aromatic rings. The average Bonchev–Trinajstić information content (AvgIpc) is 3.31. The van der Waals surface area contributed by atoms with Crippen molar-refractivity contribution in [3.8, 4) is 0 Å². The smallest absolute Gasteiger partial charge is 0.272 e. The second-order valence-corrected chi connectivity index (χ2v) is 8.97. The van der Waals surface area contributed by atoms with Crippen molar-refractivity contribution in [3.05, 3.63) is 56.6 Å². The third kappa shape index (κ3) is 4.54. The molecule has 28 heavy (non-hydrogen) atoms. The Morgan fingerprint density at radius 2 is 2.11 bits per heavy atom. The maximum Gasteiger partial charge on any atom is 0.272 e. The maximum atomic E-state index is 12.8. The van der Waals surface area contributed by atoms with E-state index in [2.05, 4.69) is 43.2 Å². The van der Waals surface area contributed by atoms with E-state index in [1.54, 1.807) is 17.5 Å². The first-order chi connectivity index (χ1) is 13.6. The van der Waals surface area contributed by atoms with Gasteiger partial charge in [-0.3, -0.25) is 4.79 Å². The first kappa shape index (κ1) is 19.4. The molecule has 1 saturated heterocycles. The number of aryl methyl sites for hydroxylation is 1. The molecule has 0 saturated carbocycles. The molecule has 3 aromatic heterocycles. The van der Waals surface area contributed by atoms with Crippen LogP contribution < -0.4 is 10.2 Å². The first-order valence-electron chi connectivity index (χ1n) is 9.37. The van der Waals surface area contributed by atoms with E-state index in [1.165, 1.54) is 19.3 Å². The highest BCUT2D eigenvalue weighted by molar-refractivity contribution is 14.1. The number of halogens is 1. The molecule has 146 valence electrons. The predicted octanol–water partition coefficient (Wildman–Crippen LogP) is 4.54. The van der Waals surface area contributed by atoms with Gasteiger partial charge >= 0.3 is 0 Å². The Kier molecular flexibility index (Phi) is 5.96. The lowest BCUT2D eigenvalue weighted by atomic mass is 10.1. The summed E-state index contributed by atoms with van der Waals surface area (Å²) in [5, 5.41) is 6.12. The SMILES string of the molecule is Cc1cc(C(=O)Nc2ccc(I)nc2)n(Cc2csc(N3CCCCC3)n2)c1. The summed E-state index contributed by atoms with van der Waals surface area (Å²) >= 11 is 3.84. The Bertz CT molecular complexity index is 959. The van der Waals surface area contributed by atoms with Gasteiger partial charge in [0.1, 0.15) is 9.39 Å². The summed E-state index contributed by atoms with van der Waals surface area (Å²) < 4.78 is 2.86. The Hall–Kier alpha value is -1.94. The van der Waals surface area contributed by atoms with E-state index in [0.29, 0.717) is 17.9 Å². The van der Waals surface area contributed by atoms with Crippen LogP contribution in [0.4, 0.5) is 10.8 Å². The molecule has 0 unspecified atom stereocenters. The number of amides is 1. The second kappa shape index (κ2) is 8.60. The van der Waals surface area contributed by atoms with E-state index in [1.807, 2.05) is 35.9 Å². The van der Waals surface area contributed by atoms with Gasteiger partial charge in [0.15, 0.2) is 5.13 Å². The normalized spacial score (nSPS) is 14.3. The van der Waals surface area contributed by atoms with Crippen molar-refractivity contribution >= 4 is 50.7 Å². The molecule has 0 spiro atoms. The van der Waals surface area contributed by atoms with Crippen LogP contribution in [0.25, 0.3) is 0 Å². The van der Waals surface area contributed by atoms with Crippen LogP contribution in [-0.2, 0) is 6.54 Å². The lowest BCUT2D eigenvalue weighted by Crippen LogP contribution is -2.29. The van der Waals surface area contributed by atoms with Crippen molar-refractivity contribution in [1.82, 2.24) is 14.5 Å². The number of hydrogen-bond donors (Lipinski definition) is 1. The molecule has 8 heteroatoms. The number of pyridine rings is 1. The highest BCUT2D eigenvalue weighted by atomic mass is 127. The van der Waals surface area contributed by atoms with Crippen molar-refractivity contribution in [3.63, 3.8) is 0 Å². The van der Waals surface area contributed by atoms with E-state index >= 15 is 0 Å². The summed E-state index contributed by atoms with van der Waals surface area (Å²) in [5.41, 5.74) is 3.36. The molecular formula is C20H22IN5OS. The molecule has 6 nitrogen and oxygen atoms in total. The van der Waals surface area contributed by atoms with Crippen LogP contribution in [0.3, 0.4) is 0 Å². The molecule has 1 aliphatic rings. The second-order valence-electron chi connectivity index (χ2n) is 7.02. The lowest BCUT2D eigenvalue weighted by Gasteiger charge is -2.25. The zero-order valence-corrected chi connectivity index (χ0v) is 18.7. The van der Waals surface area contributed by atoms with Crippen LogP contribution >= 0.6 is 33.9 Å². The van der Waals surface area contributed by atoms with Crippen LogP contribution in [0.5, 0.6) is 0 Å². The highest BCUT2D eigenvalue weighted by Crippen LogP contribution is 2.25. The molecular weight excluding hydrogens is 485 g/mol. The van der Waals surface area contributed by atoms with E-state index in [9.17, 15) is 4.79 Å². The number of piperidine rings is 1. The zero-order chi connectivity index (χ0) is 19.5. The molecule has 1 N–H and O–H groups in total. The zero-order valence-electron chi connectivity index (χ0n) is 15.7. The summed E-state index contributed by atoms with van der Waals surface area (Å²) in [6, 6.07) is 5.64. The topological polar surface area (TPSA) is 63.1 Å². The largest absolute Gasteiger partial charge is 0.348 e. The van der Waals surface area contributed by atoms with Crippen LogP contribution in [0.2, 0.25) is 0 Å². The average molecular weight is 507 g/mol. The fourth-order valence-electron chi connectivity index (χ4n) is 3.40. The molecule has 0 atom stereocenters. The van der Waals surface area contributed by atoms with E-state index in [0.717, 1.165) is 33.2 Å². The minimum Gasteiger partial charge on any atom is -0.348 e. The van der Waals surface area contributed by atoms with Gasteiger partial charge in [-0.15, -0.1) is 11.3 Å². The van der Waals surface area contributed by atoms with Crippen molar-refractivity contribution in [2.75, 3.05) is 23.3 Å². The quantitative estimate of drug-likeness (QED) is 0.407. The van der Waals surface area contributed by atoms with Gasteiger partial charge in [-0.1, -0.05) is 0 Å². The molecule has 0 bridgehead atoms. The number of rotatable bonds is 5. The fraction of sp³-hybridized carbons (Fsp3) is 0.350. The monoisotopic (exact) mass is 507 g/mol. The van der Waals surface area contributed by atoms with Gasteiger partial charge in [0.05, 0.1) is 24.1 Å². The van der Waals surface area contributed by atoms with E-state index < -0.39 is 0 Å². The maximum absolute atomic E-state index is 12.8. The molecule has 1 aliphatic heterocycles. The summed E-state index contributed by atoms with van der Waals surface area (Å²) in [6.07, 6.45) is 7.46. The van der Waals surface area contributed by atoms with Crippen LogP contribution in [-0.4, -0.2) is 33.5 Å². The Morgan fingerprint density at radius 1 is 1.29 bits per heavy atom. The number of thiazole rings is 1. The Balaban J connectivity index is 1.49. The summed E-state index contributed by atoms with van der Waals surface area (Å²) in [5.74, 6) is -0.136. The van der Waals surface area contributed by atoms with Crippen molar-refractivity contribution in [2.45, 2.75) is 32.7 Å². The number of carbonyl (C=O) groups excluding carboxylic acids is 1. The highest BCUT2D eigenvalue weighted by Gasteiger charge is 2.17. The van der Waals surface area contributed by atoms with Crippen LogP contribution in [0, 0.1) is 10.6 Å².